The van der Waals surface area contributed by atoms with Gasteiger partial charge in [-0.2, -0.15) is 5.26 Å². The van der Waals surface area contributed by atoms with Crippen LogP contribution in [0.1, 0.15) is 37.8 Å². The summed E-state index contributed by atoms with van der Waals surface area (Å²) in [6.07, 6.45) is 12.6. The Hall–Kier alpha value is -3.47. The van der Waals surface area contributed by atoms with E-state index in [9.17, 15) is 10.1 Å². The summed E-state index contributed by atoms with van der Waals surface area (Å²) in [6.45, 7) is 3.11. The topological polar surface area (TPSA) is 96.3 Å². The van der Waals surface area contributed by atoms with E-state index in [4.69, 9.17) is 10.5 Å². The highest BCUT2D eigenvalue weighted by Gasteiger charge is 2.33. The third kappa shape index (κ3) is 3.03. The molecule has 5 rings (SSSR count). The molecule has 2 aliphatic heterocycles. The average molecular weight is 421 g/mol. The van der Waals surface area contributed by atoms with E-state index in [2.05, 4.69) is 22.5 Å². The van der Waals surface area contributed by atoms with E-state index in [1.807, 2.05) is 25.1 Å². The first-order valence-corrected chi connectivity index (χ1v) is 10.6. The van der Waals surface area contributed by atoms with Gasteiger partial charge >= 0.3 is 0 Å². The molecule has 2 aromatic rings. The van der Waals surface area contributed by atoms with Crippen molar-refractivity contribution in [1.29, 1.82) is 5.26 Å². The molecule has 1 saturated carbocycles. The number of nitrogen functional groups attached to an aromatic ring is 1. The lowest BCUT2D eigenvalue weighted by Crippen LogP contribution is -2.31. The van der Waals surface area contributed by atoms with Gasteiger partial charge in [0.15, 0.2) is 11.6 Å². The van der Waals surface area contributed by atoms with Crippen LogP contribution in [0.2, 0.25) is 0 Å². The van der Waals surface area contributed by atoms with Crippen molar-refractivity contribution in [1.82, 2.24) is 9.47 Å². The number of hydrogen-bond donors (Lipinski definition) is 2. The van der Waals surface area contributed by atoms with Crippen LogP contribution < -0.4 is 21.2 Å². The summed E-state index contributed by atoms with van der Waals surface area (Å²) in [5.41, 5.74) is 5.89. The van der Waals surface area contributed by atoms with Crippen LogP contribution in [-0.4, -0.2) is 34.7 Å². The van der Waals surface area contributed by atoms with Crippen LogP contribution in [0.5, 0.6) is 5.75 Å². The molecule has 8 heteroatoms. The molecule has 1 aromatic heterocycles. The predicted molar refractivity (Wildman–Crippen MR) is 118 cm³/mol. The Kier molecular flexibility index (Phi) is 4.62. The highest BCUT2D eigenvalue weighted by molar-refractivity contribution is 6.00. The Morgan fingerprint density at radius 2 is 2.19 bits per heavy atom. The Bertz CT molecular complexity index is 1230. The molecule has 3 N–H and O–H groups in total. The van der Waals surface area contributed by atoms with Crippen molar-refractivity contribution in [3.63, 3.8) is 0 Å². The van der Waals surface area contributed by atoms with Crippen LogP contribution in [0.15, 0.2) is 35.4 Å². The number of ether oxygens (including phenoxy) is 1. The van der Waals surface area contributed by atoms with E-state index in [1.54, 1.807) is 4.57 Å². The van der Waals surface area contributed by atoms with Crippen molar-refractivity contribution in [2.75, 3.05) is 24.2 Å². The molecule has 1 aromatic carbocycles. The van der Waals surface area contributed by atoms with Crippen LogP contribution in [0.3, 0.4) is 0 Å². The Labute approximate surface area is 179 Å². The van der Waals surface area contributed by atoms with Gasteiger partial charge in [-0.05, 0) is 38.5 Å². The third-order valence-corrected chi connectivity index (χ3v) is 6.53. The van der Waals surface area contributed by atoms with E-state index in [0.717, 1.165) is 25.8 Å². The number of rotatable bonds is 3. The second-order valence-electron chi connectivity index (χ2n) is 8.48. The van der Waals surface area contributed by atoms with Gasteiger partial charge < -0.3 is 25.3 Å². The molecule has 160 valence electrons. The quantitative estimate of drug-likeness (QED) is 0.739. The smallest absolute Gasteiger partial charge is 0.209 e. The zero-order chi connectivity index (χ0) is 21.7. The molecule has 0 radical (unpaired) electrons. The van der Waals surface area contributed by atoms with Gasteiger partial charge in [0.1, 0.15) is 23.9 Å². The molecule has 7 nitrogen and oxygen atoms in total. The first-order chi connectivity index (χ1) is 15.0. The van der Waals surface area contributed by atoms with E-state index in [0.29, 0.717) is 23.9 Å². The highest BCUT2D eigenvalue weighted by atomic mass is 19.1. The molecule has 0 bridgehead atoms. The van der Waals surface area contributed by atoms with Crippen LogP contribution in [-0.2, 0) is 0 Å². The summed E-state index contributed by atoms with van der Waals surface area (Å²) >= 11 is 0. The number of aromatic nitrogens is 1. The molecular formula is C23H24FN5O2. The van der Waals surface area contributed by atoms with Gasteiger partial charge in [0.25, 0.3) is 0 Å². The van der Waals surface area contributed by atoms with Gasteiger partial charge in [-0.3, -0.25) is 4.79 Å². The Balaban J connectivity index is 1.56. The van der Waals surface area contributed by atoms with Crippen LogP contribution in [0.25, 0.3) is 10.9 Å². The minimum atomic E-state index is -0.694. The number of benzene rings is 1. The number of halogens is 1. The van der Waals surface area contributed by atoms with Gasteiger partial charge in [0.05, 0.1) is 22.6 Å². The minimum absolute atomic E-state index is 0.0122. The number of hydrogen-bond acceptors (Lipinski definition) is 6. The first kappa shape index (κ1) is 19.5. The van der Waals surface area contributed by atoms with Gasteiger partial charge in [-0.25, -0.2) is 4.39 Å². The van der Waals surface area contributed by atoms with Crippen molar-refractivity contribution in [2.45, 2.75) is 44.3 Å². The van der Waals surface area contributed by atoms with Gasteiger partial charge in [-0.15, -0.1) is 0 Å². The van der Waals surface area contributed by atoms with E-state index in [1.165, 1.54) is 6.20 Å². The summed E-state index contributed by atoms with van der Waals surface area (Å²) in [4.78, 5) is 15.1. The molecule has 3 atom stereocenters. The summed E-state index contributed by atoms with van der Waals surface area (Å²) in [7, 11) is 0. The largest absolute Gasteiger partial charge is 0.487 e. The van der Waals surface area contributed by atoms with Crippen molar-refractivity contribution < 1.29 is 9.13 Å². The molecule has 3 aliphatic rings. The molecule has 0 amide bonds. The normalized spacial score (nSPS) is 24.3. The van der Waals surface area contributed by atoms with Crippen molar-refractivity contribution in [2.24, 2.45) is 0 Å². The van der Waals surface area contributed by atoms with E-state index >= 15 is 4.39 Å². The fourth-order valence-corrected chi connectivity index (χ4v) is 4.90. The molecule has 3 heterocycles. The minimum Gasteiger partial charge on any atom is -0.487 e. The second kappa shape index (κ2) is 7.34. The molecular weight excluding hydrogens is 397 g/mol. The van der Waals surface area contributed by atoms with Gasteiger partial charge in [0.2, 0.25) is 5.43 Å². The fraction of sp³-hybridized carbons (Fsp3) is 0.391. The first-order valence-electron chi connectivity index (χ1n) is 10.6. The van der Waals surface area contributed by atoms with Crippen LogP contribution >= 0.6 is 0 Å². The number of nitrogens with zero attached hydrogens (tertiary/aromatic N) is 3. The van der Waals surface area contributed by atoms with Crippen LogP contribution in [0.4, 0.5) is 15.8 Å². The lowest BCUT2D eigenvalue weighted by Gasteiger charge is -2.30. The maximum atomic E-state index is 15.4. The number of nitrogens with one attached hydrogen (secondary N) is 1. The van der Waals surface area contributed by atoms with Crippen molar-refractivity contribution in [3.05, 3.63) is 52.2 Å². The standard InChI is InChI=1S/C23H24FN5O2/c1-13-12-31-23-20(27-15-5-6-16(9-15)28-7-3-2-4-8-28)18(24)19(26)17-21(23)29(13)11-14(10-25)22(17)30/h2-4,7,11,13,15-16,27H,5-6,8-9,12,26H2,1H3/t13-,15+,16+/m0/s1. The van der Waals surface area contributed by atoms with E-state index in [-0.39, 0.29) is 34.4 Å². The van der Waals surface area contributed by atoms with Crippen molar-refractivity contribution in [3.8, 4) is 11.8 Å². The maximum absolute atomic E-state index is 15.4. The number of allylic oxidation sites excluding steroid dienone is 2. The summed E-state index contributed by atoms with van der Waals surface area (Å²) < 4.78 is 23.2. The number of nitrogens with two attached hydrogens (primary N) is 1. The summed E-state index contributed by atoms with van der Waals surface area (Å²) in [6, 6.07) is 2.23. The lowest BCUT2D eigenvalue weighted by atomic mass is 10.0. The molecule has 0 saturated heterocycles. The molecule has 1 aliphatic carbocycles. The average Bonchev–Trinajstić information content (AvgIpc) is 3.25. The summed E-state index contributed by atoms with van der Waals surface area (Å²) in [5, 5.41) is 12.7. The van der Waals surface area contributed by atoms with Gasteiger partial charge in [0, 0.05) is 24.8 Å². The zero-order valence-corrected chi connectivity index (χ0v) is 17.3. The molecule has 0 spiro atoms. The Morgan fingerprint density at radius 3 is 2.94 bits per heavy atom. The van der Waals surface area contributed by atoms with Crippen LogP contribution in [0, 0.1) is 17.1 Å². The second-order valence-corrected chi connectivity index (χ2v) is 8.48. The molecule has 0 unspecified atom stereocenters. The monoisotopic (exact) mass is 421 g/mol. The highest BCUT2D eigenvalue weighted by Crippen LogP contribution is 2.44. The molecule has 1 fully saturated rings. The number of pyridine rings is 1. The number of nitriles is 1. The predicted octanol–water partition coefficient (Wildman–Crippen LogP) is 3.27. The third-order valence-electron chi connectivity index (χ3n) is 6.53. The Morgan fingerprint density at radius 1 is 1.35 bits per heavy atom. The van der Waals surface area contributed by atoms with Gasteiger partial charge in [-0.1, -0.05) is 12.2 Å². The summed E-state index contributed by atoms with van der Waals surface area (Å²) in [5.74, 6) is -0.398. The number of anilines is 2. The molecule has 31 heavy (non-hydrogen) atoms. The zero-order valence-electron chi connectivity index (χ0n) is 17.3. The van der Waals surface area contributed by atoms with E-state index < -0.39 is 11.2 Å². The SMILES string of the molecule is C[C@H]1COc2c(N[C@@H]3CC[C@@H](N4C=CC=CC4)C3)c(F)c(N)c3c(=O)c(C#N)cn1c23. The van der Waals surface area contributed by atoms with Crippen molar-refractivity contribution >= 4 is 22.3 Å². The maximum Gasteiger partial charge on any atom is 0.209 e. The lowest BCUT2D eigenvalue weighted by molar-refractivity contribution is 0.247. The fourth-order valence-electron chi connectivity index (χ4n) is 4.90.